The van der Waals surface area contributed by atoms with Gasteiger partial charge in [-0.25, -0.2) is 8.42 Å². The molecule has 0 radical (unpaired) electrons. The largest absolute Gasteiger partial charge is 0.490 e. The highest BCUT2D eigenvalue weighted by molar-refractivity contribution is 7.89. The van der Waals surface area contributed by atoms with Gasteiger partial charge in [-0.05, 0) is 30.9 Å². The molecule has 0 aliphatic carbocycles. The number of nitro groups is 1. The molecule has 27 heavy (non-hydrogen) atoms. The quantitative estimate of drug-likeness (QED) is 0.525. The summed E-state index contributed by atoms with van der Waals surface area (Å²) in [6, 6.07) is 3.78. The number of rotatable bonds is 6. The van der Waals surface area contributed by atoms with E-state index in [2.05, 4.69) is 4.90 Å². The lowest BCUT2D eigenvalue weighted by molar-refractivity contribution is -0.386. The van der Waals surface area contributed by atoms with Gasteiger partial charge in [-0.2, -0.15) is 4.31 Å². The van der Waals surface area contributed by atoms with Crippen molar-refractivity contribution in [1.29, 1.82) is 0 Å². The van der Waals surface area contributed by atoms with Crippen LogP contribution in [0, 0.1) is 16.0 Å². The molecule has 0 amide bonds. The van der Waals surface area contributed by atoms with Crippen LogP contribution in [0.5, 0.6) is 5.75 Å². The third-order valence-electron chi connectivity index (χ3n) is 5.09. The number of sulfonamides is 1. The average Bonchev–Trinajstić information content (AvgIpc) is 2.68. The van der Waals surface area contributed by atoms with Crippen molar-refractivity contribution < 1.29 is 22.8 Å². The van der Waals surface area contributed by atoms with Crippen molar-refractivity contribution in [3.63, 3.8) is 0 Å². The fraction of sp³-hybridized carbons (Fsp3) is 0.647. The fourth-order valence-corrected chi connectivity index (χ4v) is 5.24. The average molecular weight is 399 g/mol. The van der Waals surface area contributed by atoms with Gasteiger partial charge in [0.1, 0.15) is 0 Å². The Hall–Kier alpha value is -1.75. The van der Waals surface area contributed by atoms with Gasteiger partial charge in [0.05, 0.1) is 30.1 Å². The third-order valence-corrected chi connectivity index (χ3v) is 6.95. The second-order valence-electron chi connectivity index (χ2n) is 6.88. The number of nitrogens with zero attached hydrogens (tertiary/aromatic N) is 3. The molecule has 1 atom stereocenters. The summed E-state index contributed by atoms with van der Waals surface area (Å²) in [6.45, 7) is 4.87. The molecule has 2 heterocycles. The normalized spacial score (nSPS) is 22.5. The Morgan fingerprint density at radius 2 is 2.04 bits per heavy atom. The zero-order valence-electron chi connectivity index (χ0n) is 15.4. The smallest absolute Gasteiger partial charge is 0.312 e. The maximum atomic E-state index is 13.0. The van der Waals surface area contributed by atoms with E-state index in [1.807, 2.05) is 0 Å². The second kappa shape index (κ2) is 8.51. The minimum Gasteiger partial charge on any atom is -0.490 e. The van der Waals surface area contributed by atoms with Gasteiger partial charge in [0.25, 0.3) is 0 Å². The minimum absolute atomic E-state index is 0.0442. The number of piperidine rings is 1. The number of hydrogen-bond acceptors (Lipinski definition) is 7. The molecule has 10 heteroatoms. The zero-order chi connectivity index (χ0) is 19.4. The maximum Gasteiger partial charge on any atom is 0.312 e. The molecule has 2 aliphatic rings. The standard InChI is InChI=1S/C17H25N3O6S/c1-25-17-5-4-15(11-16(17)20(21)22)27(23,24)19-6-2-3-14(13-19)12-18-7-9-26-10-8-18/h4-5,11,14H,2-3,6-10,12-13H2,1H3/t14-/m0/s1. The first-order valence-corrected chi connectivity index (χ1v) is 10.5. The number of benzene rings is 1. The molecule has 1 aromatic rings. The first-order valence-electron chi connectivity index (χ1n) is 9.04. The van der Waals surface area contributed by atoms with E-state index in [1.54, 1.807) is 0 Å². The number of nitro benzene ring substituents is 1. The van der Waals surface area contributed by atoms with Gasteiger partial charge in [0.15, 0.2) is 5.75 Å². The Bertz CT molecular complexity index is 779. The van der Waals surface area contributed by atoms with Gasteiger partial charge in [0.2, 0.25) is 10.0 Å². The first kappa shape index (κ1) is 20.0. The van der Waals surface area contributed by atoms with Crippen LogP contribution < -0.4 is 4.74 Å². The summed E-state index contributed by atoms with van der Waals surface area (Å²) >= 11 is 0. The molecule has 0 N–H and O–H groups in total. The summed E-state index contributed by atoms with van der Waals surface area (Å²) < 4.78 is 37.8. The monoisotopic (exact) mass is 399 g/mol. The van der Waals surface area contributed by atoms with Gasteiger partial charge in [-0.3, -0.25) is 15.0 Å². The second-order valence-corrected chi connectivity index (χ2v) is 8.81. The number of hydrogen-bond donors (Lipinski definition) is 0. The molecule has 150 valence electrons. The Morgan fingerprint density at radius 3 is 2.70 bits per heavy atom. The number of ether oxygens (including phenoxy) is 2. The first-order chi connectivity index (χ1) is 12.9. The summed E-state index contributed by atoms with van der Waals surface area (Å²) in [5, 5.41) is 11.2. The molecule has 2 aliphatic heterocycles. The van der Waals surface area contributed by atoms with Gasteiger partial charge in [-0.15, -0.1) is 0 Å². The molecule has 2 saturated heterocycles. The molecule has 3 rings (SSSR count). The maximum absolute atomic E-state index is 13.0. The van der Waals surface area contributed by atoms with Crippen molar-refractivity contribution in [2.75, 3.05) is 53.0 Å². The van der Waals surface area contributed by atoms with Gasteiger partial charge in [0, 0.05) is 38.8 Å². The predicted molar refractivity (Wildman–Crippen MR) is 98.4 cm³/mol. The van der Waals surface area contributed by atoms with Gasteiger partial charge in [-0.1, -0.05) is 0 Å². The van der Waals surface area contributed by atoms with E-state index >= 15 is 0 Å². The molecule has 0 spiro atoms. The van der Waals surface area contributed by atoms with Crippen LogP contribution in [0.1, 0.15) is 12.8 Å². The molecular formula is C17H25N3O6S. The van der Waals surface area contributed by atoms with E-state index in [-0.39, 0.29) is 22.3 Å². The van der Waals surface area contributed by atoms with E-state index in [4.69, 9.17) is 9.47 Å². The minimum atomic E-state index is -3.79. The van der Waals surface area contributed by atoms with Crippen LogP contribution in [0.15, 0.2) is 23.1 Å². The molecule has 1 aromatic carbocycles. The highest BCUT2D eigenvalue weighted by atomic mass is 32.2. The molecule has 0 aromatic heterocycles. The van der Waals surface area contributed by atoms with Gasteiger partial charge >= 0.3 is 5.69 Å². The van der Waals surface area contributed by atoms with Crippen LogP contribution in [0.25, 0.3) is 0 Å². The molecular weight excluding hydrogens is 374 g/mol. The highest BCUT2D eigenvalue weighted by Crippen LogP contribution is 2.32. The van der Waals surface area contributed by atoms with E-state index in [0.29, 0.717) is 26.3 Å². The summed E-state index contributed by atoms with van der Waals surface area (Å²) in [5.41, 5.74) is -0.347. The third kappa shape index (κ3) is 4.57. The van der Waals surface area contributed by atoms with Crippen LogP contribution in [0.3, 0.4) is 0 Å². The van der Waals surface area contributed by atoms with Crippen molar-refractivity contribution >= 4 is 15.7 Å². The van der Waals surface area contributed by atoms with Crippen LogP contribution in [-0.4, -0.2) is 75.6 Å². The van der Waals surface area contributed by atoms with Crippen LogP contribution in [-0.2, 0) is 14.8 Å². The molecule has 2 fully saturated rings. The van der Waals surface area contributed by atoms with Crippen molar-refractivity contribution in [3.8, 4) is 5.75 Å². The van der Waals surface area contributed by atoms with E-state index in [0.717, 1.165) is 38.5 Å². The van der Waals surface area contributed by atoms with E-state index < -0.39 is 14.9 Å². The van der Waals surface area contributed by atoms with Gasteiger partial charge < -0.3 is 9.47 Å². The van der Waals surface area contributed by atoms with Crippen LogP contribution >= 0.6 is 0 Å². The van der Waals surface area contributed by atoms with Crippen LogP contribution in [0.4, 0.5) is 5.69 Å². The lowest BCUT2D eigenvalue weighted by Crippen LogP contribution is -2.46. The summed E-state index contributed by atoms with van der Waals surface area (Å²) in [7, 11) is -2.47. The Morgan fingerprint density at radius 1 is 1.30 bits per heavy atom. The molecule has 0 bridgehead atoms. The molecule has 0 saturated carbocycles. The number of methoxy groups -OCH3 is 1. The topological polar surface area (TPSA) is 102 Å². The Balaban J connectivity index is 1.75. The summed E-state index contributed by atoms with van der Waals surface area (Å²) in [5.74, 6) is 0.294. The van der Waals surface area contributed by atoms with Crippen molar-refractivity contribution in [2.45, 2.75) is 17.7 Å². The molecule has 0 unspecified atom stereocenters. The Kier molecular flexibility index (Phi) is 6.30. The predicted octanol–water partition coefficient (Wildman–Crippen LogP) is 1.34. The van der Waals surface area contributed by atoms with E-state index in [9.17, 15) is 18.5 Å². The van der Waals surface area contributed by atoms with E-state index in [1.165, 1.54) is 23.5 Å². The lowest BCUT2D eigenvalue weighted by Gasteiger charge is -2.36. The Labute approximate surface area is 159 Å². The van der Waals surface area contributed by atoms with Crippen LogP contribution in [0.2, 0.25) is 0 Å². The number of morpholine rings is 1. The van der Waals surface area contributed by atoms with Crippen molar-refractivity contribution in [2.24, 2.45) is 5.92 Å². The highest BCUT2D eigenvalue weighted by Gasteiger charge is 2.32. The zero-order valence-corrected chi connectivity index (χ0v) is 16.2. The van der Waals surface area contributed by atoms with Crippen molar-refractivity contribution in [1.82, 2.24) is 9.21 Å². The summed E-state index contributed by atoms with van der Waals surface area (Å²) in [6.07, 6.45) is 1.76. The molecule has 9 nitrogen and oxygen atoms in total. The van der Waals surface area contributed by atoms with Crippen molar-refractivity contribution in [3.05, 3.63) is 28.3 Å². The summed E-state index contributed by atoms with van der Waals surface area (Å²) in [4.78, 5) is 12.8. The lowest BCUT2D eigenvalue weighted by atomic mass is 9.99. The SMILES string of the molecule is COc1ccc(S(=O)(=O)N2CCC[C@@H](CN3CCOCC3)C2)cc1[N+](=O)[O-]. The fourth-order valence-electron chi connectivity index (χ4n) is 3.67.